The van der Waals surface area contributed by atoms with Crippen molar-refractivity contribution >= 4 is 148 Å². The van der Waals surface area contributed by atoms with Gasteiger partial charge in [-0.1, -0.05) is 163 Å². The van der Waals surface area contributed by atoms with Gasteiger partial charge in [0, 0.05) is 94.6 Å². The normalized spacial score (nSPS) is 11.9. The lowest BCUT2D eigenvalue weighted by Crippen LogP contribution is -1.96. The quantitative estimate of drug-likeness (QED) is 0.137. The third-order valence-corrected chi connectivity index (χ3v) is 19.4. The number of halogens is 1. The summed E-state index contributed by atoms with van der Waals surface area (Å²) >= 11 is 5.60. The fraction of sp³-hybridized carbons (Fsp3) is 0.0118. The van der Waals surface area contributed by atoms with Crippen molar-refractivity contribution in [3.8, 4) is 34.1 Å². The van der Waals surface area contributed by atoms with Crippen LogP contribution in [-0.2, 0) is 0 Å². The average Bonchev–Trinajstić information content (AvgIpc) is 1.51. The Morgan fingerprint density at radius 1 is 0.292 bits per heavy atom. The van der Waals surface area contributed by atoms with E-state index in [1.165, 1.54) is 76.2 Å². The Balaban J connectivity index is 0.000000122. The van der Waals surface area contributed by atoms with Crippen molar-refractivity contribution in [1.29, 1.82) is 0 Å². The van der Waals surface area contributed by atoms with E-state index in [2.05, 4.69) is 287 Å². The lowest BCUT2D eigenvalue weighted by molar-refractivity contribution is 1.16. The van der Waals surface area contributed by atoms with E-state index in [-0.39, 0.29) is 0 Å². The van der Waals surface area contributed by atoms with Gasteiger partial charge >= 0.3 is 0 Å². The standard InChI is InChI=1S/C42H25N5.C37H24N4.C6H6ClN/c1-3-12-26(13-4-1)45-36-19-9-7-16-28(36)31-23-33-32-22-30-29-17-11-21-43-41(29)47-37-20-10-8-18-35(37)44-42(47)34(30)24-38(32)46(40(33)25-39(31)45)27-14-5-2-6-15-27;1-3-11-25(12-4-1)40-33-18-10-7-15-27(33)29-22-30-28-20-19-24(37-38-31-16-8-9-17-32(31)39-37)21-34(28)41(36(30)23-35(29)40)26-13-5-2-6-14-26;1-5-3-2-4-8-6(5)7/h1-25H;1-23H,(H,38,39);2-4H,1H3. The summed E-state index contributed by atoms with van der Waals surface area (Å²) in [6, 6.07) is 106. The number of aromatic nitrogens is 10. The Morgan fingerprint density at radius 2 is 0.719 bits per heavy atom. The summed E-state index contributed by atoms with van der Waals surface area (Å²) < 4.78 is 11.8. The summed E-state index contributed by atoms with van der Waals surface area (Å²) in [6.07, 6.45) is 3.55. The molecule has 0 unspecified atom stereocenters. The maximum absolute atomic E-state index is 5.60. The minimum atomic E-state index is 0.590. The zero-order chi connectivity index (χ0) is 63.5. The zero-order valence-corrected chi connectivity index (χ0v) is 52.6. The number of para-hydroxylation sites is 10. The van der Waals surface area contributed by atoms with Crippen LogP contribution in [0.3, 0.4) is 0 Å². The number of hydrogen-bond donors (Lipinski definition) is 1. The number of hydrogen-bond acceptors (Lipinski definition) is 4. The number of imidazole rings is 2. The van der Waals surface area contributed by atoms with Crippen molar-refractivity contribution < 1.29 is 0 Å². The van der Waals surface area contributed by atoms with E-state index in [0.29, 0.717) is 5.15 Å². The molecule has 21 rings (SSSR count). The molecule has 10 nitrogen and oxygen atoms in total. The molecule has 1 N–H and O–H groups in total. The van der Waals surface area contributed by atoms with Gasteiger partial charge in [0.15, 0.2) is 0 Å². The van der Waals surface area contributed by atoms with E-state index < -0.39 is 0 Å². The Hall–Kier alpha value is -12.6. The molecular formula is C85H55ClN10. The summed E-state index contributed by atoms with van der Waals surface area (Å²) in [5.74, 6) is 0.879. The van der Waals surface area contributed by atoms with E-state index in [0.717, 1.165) is 100 Å². The van der Waals surface area contributed by atoms with E-state index in [4.69, 9.17) is 26.6 Å². The lowest BCUT2D eigenvalue weighted by Gasteiger charge is -2.11. The van der Waals surface area contributed by atoms with E-state index >= 15 is 0 Å². The van der Waals surface area contributed by atoms with Crippen molar-refractivity contribution in [3.05, 3.63) is 320 Å². The summed E-state index contributed by atoms with van der Waals surface area (Å²) in [4.78, 5) is 22.3. The van der Waals surface area contributed by atoms with E-state index in [9.17, 15) is 0 Å². The van der Waals surface area contributed by atoms with Crippen molar-refractivity contribution in [3.63, 3.8) is 0 Å². The van der Waals surface area contributed by atoms with Crippen LogP contribution in [0.1, 0.15) is 5.56 Å². The average molecular weight is 1250 g/mol. The summed E-state index contributed by atoms with van der Waals surface area (Å²) in [5.41, 5.74) is 22.0. The lowest BCUT2D eigenvalue weighted by atomic mass is 10.0. The monoisotopic (exact) mass is 1250 g/mol. The maximum Gasteiger partial charge on any atom is 0.147 e. The third-order valence-electron chi connectivity index (χ3n) is 19.0. The van der Waals surface area contributed by atoms with Gasteiger partial charge in [0.25, 0.3) is 0 Å². The third kappa shape index (κ3) is 8.66. The number of aromatic amines is 1. The molecule has 9 heterocycles. The first kappa shape index (κ1) is 55.0. The van der Waals surface area contributed by atoms with Crippen molar-refractivity contribution in [2.75, 3.05) is 0 Å². The number of H-pyrrole nitrogens is 1. The molecule has 0 atom stereocenters. The summed E-state index contributed by atoms with van der Waals surface area (Å²) in [7, 11) is 0. The van der Waals surface area contributed by atoms with Crippen LogP contribution in [0.2, 0.25) is 5.15 Å². The molecule has 0 aliphatic rings. The van der Waals surface area contributed by atoms with Gasteiger partial charge in [-0.25, -0.2) is 19.9 Å². The van der Waals surface area contributed by atoms with Gasteiger partial charge in [0.1, 0.15) is 22.3 Å². The molecule has 0 radical (unpaired) electrons. The highest BCUT2D eigenvalue weighted by Crippen LogP contribution is 2.44. The SMILES string of the molecule is Cc1cccnc1Cl.c1ccc(-n2c3ccccc3c3cc4c5cc6c7cccnc7n7c8ccccc8nc7c6cc5n(-c5ccccc5)c4cc32)cc1.c1ccc(-n2c3ccccc3c3cc4c5ccc(-c6nc7ccccc7[nH]6)cc5n(-c5ccccc5)c4cc32)cc1. The minimum Gasteiger partial charge on any atom is -0.338 e. The summed E-state index contributed by atoms with van der Waals surface area (Å²) in [6.45, 7) is 1.93. The number of benzene rings is 12. The van der Waals surface area contributed by atoms with Crippen LogP contribution >= 0.6 is 11.6 Å². The molecule has 0 saturated carbocycles. The molecule has 11 heteroatoms. The van der Waals surface area contributed by atoms with Gasteiger partial charge in [-0.15, -0.1) is 0 Å². The molecule has 452 valence electrons. The second-order valence-electron chi connectivity index (χ2n) is 24.5. The molecule has 12 aromatic carbocycles. The molecule has 0 amide bonds. The predicted octanol–water partition coefficient (Wildman–Crippen LogP) is 21.9. The molecule has 0 saturated heterocycles. The van der Waals surface area contributed by atoms with Gasteiger partial charge < -0.3 is 23.3 Å². The number of rotatable bonds is 5. The highest BCUT2D eigenvalue weighted by molar-refractivity contribution is 6.30. The minimum absolute atomic E-state index is 0.590. The molecule has 96 heavy (non-hydrogen) atoms. The first-order chi connectivity index (χ1) is 47.5. The number of fused-ring (bicyclic) bond motifs is 21. The van der Waals surface area contributed by atoms with Crippen LogP contribution in [-0.4, -0.2) is 47.6 Å². The Morgan fingerprint density at radius 3 is 1.26 bits per heavy atom. The van der Waals surface area contributed by atoms with Crippen molar-refractivity contribution in [1.82, 2.24) is 47.6 Å². The smallest absolute Gasteiger partial charge is 0.147 e. The van der Waals surface area contributed by atoms with Crippen LogP contribution in [0, 0.1) is 6.92 Å². The van der Waals surface area contributed by atoms with Crippen molar-refractivity contribution in [2.45, 2.75) is 6.92 Å². The fourth-order valence-electron chi connectivity index (χ4n) is 14.7. The van der Waals surface area contributed by atoms with Crippen LogP contribution in [0.15, 0.2) is 310 Å². The Bertz CT molecular complexity index is 6600. The molecular weight excluding hydrogens is 1200 g/mol. The Labute approximate surface area is 554 Å². The van der Waals surface area contributed by atoms with E-state index in [1.807, 2.05) is 55.6 Å². The molecule has 0 fully saturated rings. The van der Waals surface area contributed by atoms with Crippen LogP contribution in [0.4, 0.5) is 0 Å². The fourth-order valence-corrected chi connectivity index (χ4v) is 14.9. The predicted molar refractivity (Wildman–Crippen MR) is 398 cm³/mol. The zero-order valence-electron chi connectivity index (χ0n) is 51.8. The van der Waals surface area contributed by atoms with Gasteiger partial charge in [-0.05, 0) is 163 Å². The topological polar surface area (TPSA) is 91.5 Å². The molecule has 0 bridgehead atoms. The number of pyridine rings is 3. The highest BCUT2D eigenvalue weighted by Gasteiger charge is 2.24. The first-order valence-electron chi connectivity index (χ1n) is 32.2. The van der Waals surface area contributed by atoms with Gasteiger partial charge in [-0.3, -0.25) is 4.40 Å². The van der Waals surface area contributed by atoms with Gasteiger partial charge in [0.2, 0.25) is 0 Å². The molecule has 0 spiro atoms. The molecule has 9 aromatic heterocycles. The highest BCUT2D eigenvalue weighted by atomic mass is 35.5. The number of aryl methyl sites for hydroxylation is 1. The van der Waals surface area contributed by atoms with Crippen molar-refractivity contribution in [2.24, 2.45) is 0 Å². The first-order valence-corrected chi connectivity index (χ1v) is 32.6. The van der Waals surface area contributed by atoms with Crippen LogP contribution in [0.5, 0.6) is 0 Å². The van der Waals surface area contributed by atoms with Crippen LogP contribution < -0.4 is 0 Å². The summed E-state index contributed by atoms with van der Waals surface area (Å²) in [5, 5.41) is 13.9. The van der Waals surface area contributed by atoms with E-state index in [1.54, 1.807) is 6.20 Å². The largest absolute Gasteiger partial charge is 0.338 e. The molecule has 21 aromatic rings. The van der Waals surface area contributed by atoms with Crippen LogP contribution in [0.25, 0.3) is 171 Å². The maximum atomic E-state index is 5.60. The number of nitrogens with zero attached hydrogens (tertiary/aromatic N) is 9. The molecule has 0 aliphatic carbocycles. The van der Waals surface area contributed by atoms with Gasteiger partial charge in [0.05, 0.1) is 66.2 Å². The Kier molecular flexibility index (Phi) is 12.6. The number of nitrogens with one attached hydrogen (secondary N) is 1. The second kappa shape index (κ2) is 22.0. The molecule has 0 aliphatic heterocycles. The second-order valence-corrected chi connectivity index (χ2v) is 24.8. The van der Waals surface area contributed by atoms with Gasteiger partial charge in [-0.2, -0.15) is 0 Å².